The molecule has 252 valence electrons. The highest BCUT2D eigenvalue weighted by molar-refractivity contribution is 6.16. The summed E-state index contributed by atoms with van der Waals surface area (Å²) >= 11 is 0. The Balaban J connectivity index is 1.15. The fourth-order valence-electron chi connectivity index (χ4n) is 7.76. The molecule has 0 saturated carbocycles. The van der Waals surface area contributed by atoms with Crippen LogP contribution in [0.4, 0.5) is 0 Å². The van der Waals surface area contributed by atoms with Gasteiger partial charge in [0.2, 0.25) is 0 Å². The molecule has 3 aromatic heterocycles. The van der Waals surface area contributed by atoms with Crippen molar-refractivity contribution in [3.63, 3.8) is 0 Å². The molecule has 0 aliphatic heterocycles. The van der Waals surface area contributed by atoms with Crippen LogP contribution in [0.1, 0.15) is 0 Å². The standard InChI is InChI=1S/C49H29N3O2/c1-3-12-30(13-4-1)33-24-22-31-23-25-34(29-35(31)28-33)36-26-27-40(45-38-17-8-10-20-42(38)54-46(36)45)49-51-47(32-14-5-2-6-15-32)50-48(52-49)39-18-11-21-43-44(39)37-16-7-9-19-41(37)53-43/h1-29H. The first-order chi connectivity index (χ1) is 26.7. The van der Waals surface area contributed by atoms with Crippen molar-refractivity contribution in [1.82, 2.24) is 15.0 Å². The average molecular weight is 692 g/mol. The molecule has 0 unspecified atom stereocenters. The van der Waals surface area contributed by atoms with Crippen LogP contribution in [0.25, 0.3) is 111 Å². The smallest absolute Gasteiger partial charge is 0.164 e. The van der Waals surface area contributed by atoms with E-state index in [0.717, 1.165) is 77.1 Å². The number of benzene rings is 8. The van der Waals surface area contributed by atoms with Gasteiger partial charge in [-0.25, -0.2) is 15.0 Å². The Morgan fingerprint density at radius 1 is 0.315 bits per heavy atom. The third kappa shape index (κ3) is 4.90. The average Bonchev–Trinajstić information content (AvgIpc) is 3.83. The third-order valence-corrected chi connectivity index (χ3v) is 10.3. The Morgan fingerprint density at radius 2 is 0.870 bits per heavy atom. The molecular formula is C49H29N3O2. The van der Waals surface area contributed by atoms with Crippen molar-refractivity contribution in [3.05, 3.63) is 176 Å². The summed E-state index contributed by atoms with van der Waals surface area (Å²) in [6.07, 6.45) is 0. The molecule has 0 aliphatic rings. The summed E-state index contributed by atoms with van der Waals surface area (Å²) in [6.45, 7) is 0. The van der Waals surface area contributed by atoms with Crippen molar-refractivity contribution in [2.75, 3.05) is 0 Å². The lowest BCUT2D eigenvalue weighted by Crippen LogP contribution is -2.01. The normalized spacial score (nSPS) is 11.7. The first-order valence-corrected chi connectivity index (χ1v) is 18.0. The minimum Gasteiger partial charge on any atom is -0.456 e. The Hall–Kier alpha value is -7.37. The number of hydrogen-bond donors (Lipinski definition) is 0. The van der Waals surface area contributed by atoms with E-state index in [4.69, 9.17) is 23.8 Å². The lowest BCUT2D eigenvalue weighted by atomic mass is 9.95. The molecule has 0 fully saturated rings. The largest absolute Gasteiger partial charge is 0.456 e. The van der Waals surface area contributed by atoms with Gasteiger partial charge in [0, 0.05) is 43.8 Å². The van der Waals surface area contributed by atoms with Gasteiger partial charge in [0.15, 0.2) is 17.5 Å². The predicted octanol–water partition coefficient (Wildman–Crippen LogP) is 13.2. The van der Waals surface area contributed by atoms with E-state index >= 15 is 0 Å². The molecule has 11 aromatic rings. The van der Waals surface area contributed by atoms with E-state index in [2.05, 4.69) is 91.0 Å². The Morgan fingerprint density at radius 3 is 1.63 bits per heavy atom. The Labute approximate surface area is 309 Å². The molecule has 0 amide bonds. The highest BCUT2D eigenvalue weighted by Crippen LogP contribution is 2.43. The van der Waals surface area contributed by atoms with Crippen LogP contribution >= 0.6 is 0 Å². The molecule has 0 aliphatic carbocycles. The van der Waals surface area contributed by atoms with Crippen molar-refractivity contribution in [2.24, 2.45) is 0 Å². The van der Waals surface area contributed by atoms with Crippen molar-refractivity contribution < 1.29 is 8.83 Å². The highest BCUT2D eigenvalue weighted by Gasteiger charge is 2.22. The molecule has 0 radical (unpaired) electrons. The Bertz CT molecular complexity index is 3220. The van der Waals surface area contributed by atoms with Crippen LogP contribution < -0.4 is 0 Å². The van der Waals surface area contributed by atoms with Crippen LogP contribution in [0.3, 0.4) is 0 Å². The third-order valence-electron chi connectivity index (χ3n) is 10.3. The topological polar surface area (TPSA) is 65.0 Å². The lowest BCUT2D eigenvalue weighted by Gasteiger charge is -2.12. The number of fused-ring (bicyclic) bond motifs is 7. The molecule has 5 nitrogen and oxygen atoms in total. The van der Waals surface area contributed by atoms with Gasteiger partial charge >= 0.3 is 0 Å². The van der Waals surface area contributed by atoms with Crippen LogP contribution in [0.5, 0.6) is 0 Å². The first kappa shape index (κ1) is 30.3. The van der Waals surface area contributed by atoms with Crippen LogP contribution in [-0.2, 0) is 0 Å². The highest BCUT2D eigenvalue weighted by atomic mass is 16.3. The zero-order chi connectivity index (χ0) is 35.6. The Kier molecular flexibility index (Phi) is 6.79. The van der Waals surface area contributed by atoms with Gasteiger partial charge < -0.3 is 8.83 Å². The van der Waals surface area contributed by atoms with E-state index < -0.39 is 0 Å². The fraction of sp³-hybridized carbons (Fsp3) is 0. The maximum Gasteiger partial charge on any atom is 0.164 e. The second-order valence-electron chi connectivity index (χ2n) is 13.6. The molecule has 0 spiro atoms. The summed E-state index contributed by atoms with van der Waals surface area (Å²) < 4.78 is 13.0. The predicted molar refractivity (Wildman–Crippen MR) is 219 cm³/mol. The number of rotatable bonds is 5. The van der Waals surface area contributed by atoms with Crippen molar-refractivity contribution >= 4 is 54.6 Å². The monoisotopic (exact) mass is 691 g/mol. The van der Waals surface area contributed by atoms with Gasteiger partial charge in [-0.1, -0.05) is 133 Å². The van der Waals surface area contributed by atoms with Gasteiger partial charge in [-0.15, -0.1) is 0 Å². The lowest BCUT2D eigenvalue weighted by molar-refractivity contribution is 0.669. The van der Waals surface area contributed by atoms with Gasteiger partial charge in [-0.2, -0.15) is 0 Å². The van der Waals surface area contributed by atoms with E-state index in [-0.39, 0.29) is 0 Å². The SMILES string of the molecule is c1ccc(-c2ccc3ccc(-c4ccc(-c5nc(-c6ccccc6)nc(-c6cccc7oc8ccccc8c67)n5)c5c4oc4ccccc45)cc3c2)cc1. The molecule has 0 bridgehead atoms. The number of furan rings is 2. The summed E-state index contributed by atoms with van der Waals surface area (Å²) in [7, 11) is 0. The van der Waals surface area contributed by atoms with Gasteiger partial charge in [0.05, 0.1) is 0 Å². The van der Waals surface area contributed by atoms with E-state index in [1.54, 1.807) is 0 Å². The number of aromatic nitrogens is 3. The molecule has 8 aromatic carbocycles. The minimum atomic E-state index is 0.567. The zero-order valence-corrected chi connectivity index (χ0v) is 28.9. The van der Waals surface area contributed by atoms with Gasteiger partial charge in [0.1, 0.15) is 22.3 Å². The zero-order valence-electron chi connectivity index (χ0n) is 28.9. The molecular weight excluding hydrogens is 663 g/mol. The first-order valence-electron chi connectivity index (χ1n) is 18.0. The maximum atomic E-state index is 6.75. The maximum absolute atomic E-state index is 6.75. The van der Waals surface area contributed by atoms with Gasteiger partial charge in [0.25, 0.3) is 0 Å². The number of nitrogens with zero attached hydrogens (tertiary/aromatic N) is 3. The number of hydrogen-bond acceptors (Lipinski definition) is 5. The van der Waals surface area contributed by atoms with Gasteiger partial charge in [-0.3, -0.25) is 0 Å². The second kappa shape index (κ2) is 12.1. The van der Waals surface area contributed by atoms with E-state index in [1.165, 1.54) is 16.5 Å². The summed E-state index contributed by atoms with van der Waals surface area (Å²) in [5.74, 6) is 1.73. The van der Waals surface area contributed by atoms with Crippen molar-refractivity contribution in [1.29, 1.82) is 0 Å². The van der Waals surface area contributed by atoms with Crippen LogP contribution in [0.15, 0.2) is 185 Å². The summed E-state index contributed by atoms with van der Waals surface area (Å²) in [6, 6.07) is 60.4. The molecule has 5 heteroatoms. The summed E-state index contributed by atoms with van der Waals surface area (Å²) in [4.78, 5) is 15.5. The molecule has 0 atom stereocenters. The minimum absolute atomic E-state index is 0.567. The van der Waals surface area contributed by atoms with Crippen molar-refractivity contribution in [2.45, 2.75) is 0 Å². The van der Waals surface area contributed by atoms with Gasteiger partial charge in [-0.05, 0) is 69.9 Å². The van der Waals surface area contributed by atoms with Crippen molar-refractivity contribution in [3.8, 4) is 56.4 Å². The molecule has 3 heterocycles. The van der Waals surface area contributed by atoms with Crippen LogP contribution in [0, 0.1) is 0 Å². The summed E-state index contributed by atoms with van der Waals surface area (Å²) in [5.41, 5.74) is 10.3. The van der Waals surface area contributed by atoms with E-state index in [9.17, 15) is 0 Å². The quantitative estimate of drug-likeness (QED) is 0.180. The summed E-state index contributed by atoms with van der Waals surface area (Å²) in [5, 5.41) is 6.31. The van der Waals surface area contributed by atoms with E-state index in [1.807, 2.05) is 84.9 Å². The molecule has 11 rings (SSSR count). The van der Waals surface area contributed by atoms with Crippen LogP contribution in [0.2, 0.25) is 0 Å². The fourth-order valence-corrected chi connectivity index (χ4v) is 7.76. The number of para-hydroxylation sites is 2. The molecule has 0 saturated heterocycles. The van der Waals surface area contributed by atoms with E-state index in [0.29, 0.717) is 17.5 Å². The molecule has 0 N–H and O–H groups in total. The second-order valence-corrected chi connectivity index (χ2v) is 13.6. The molecule has 54 heavy (non-hydrogen) atoms. The van der Waals surface area contributed by atoms with Crippen LogP contribution in [-0.4, -0.2) is 15.0 Å².